The topological polar surface area (TPSA) is 51.0 Å². The fourth-order valence-electron chi connectivity index (χ4n) is 1.87. The smallest absolute Gasteiger partial charge is 0.419 e. The van der Waals surface area contributed by atoms with Gasteiger partial charge < -0.3 is 9.73 Å². The van der Waals surface area contributed by atoms with Gasteiger partial charge in [-0.3, -0.25) is 0 Å². The molecule has 0 saturated heterocycles. The van der Waals surface area contributed by atoms with E-state index >= 15 is 0 Å². The largest absolute Gasteiger partial charge is 0.419 e. The van der Waals surface area contributed by atoms with Crippen LogP contribution in [0.2, 0.25) is 0 Å². The highest BCUT2D eigenvalue weighted by molar-refractivity contribution is 5.55. The van der Waals surface area contributed by atoms with Gasteiger partial charge in [0.05, 0.1) is 17.7 Å². The number of halogens is 4. The summed E-state index contributed by atoms with van der Waals surface area (Å²) in [6, 6.07) is 3.37. The van der Waals surface area contributed by atoms with Crippen LogP contribution < -0.4 is 5.32 Å². The summed E-state index contributed by atoms with van der Waals surface area (Å²) >= 11 is 0. The minimum absolute atomic E-state index is 0.216. The molecular weight excluding hydrogens is 290 g/mol. The first-order valence-corrected chi connectivity index (χ1v) is 6.37. The molecule has 21 heavy (non-hydrogen) atoms. The third-order valence-electron chi connectivity index (χ3n) is 3.12. The summed E-state index contributed by atoms with van der Waals surface area (Å²) in [5, 5.41) is 10.4. The molecule has 2 aromatic rings. The molecule has 1 aliphatic carbocycles. The number of hydrogen-bond donors (Lipinski definition) is 1. The van der Waals surface area contributed by atoms with Gasteiger partial charge in [0, 0.05) is 6.04 Å². The fraction of sp³-hybridized carbons (Fsp3) is 0.385. The molecule has 8 heteroatoms. The normalized spacial score (nSPS) is 15.4. The van der Waals surface area contributed by atoms with E-state index in [9.17, 15) is 17.6 Å². The van der Waals surface area contributed by atoms with Crippen LogP contribution in [0.4, 0.5) is 17.6 Å². The van der Waals surface area contributed by atoms with Crippen LogP contribution in [-0.2, 0) is 12.7 Å². The van der Waals surface area contributed by atoms with Crippen molar-refractivity contribution in [1.29, 1.82) is 0 Å². The van der Waals surface area contributed by atoms with Crippen LogP contribution in [0.3, 0.4) is 0 Å². The summed E-state index contributed by atoms with van der Waals surface area (Å²) < 4.78 is 57.1. The second-order valence-corrected chi connectivity index (χ2v) is 4.82. The number of alkyl halides is 3. The van der Waals surface area contributed by atoms with Crippen molar-refractivity contribution in [3.05, 3.63) is 35.5 Å². The molecule has 1 saturated carbocycles. The van der Waals surface area contributed by atoms with Gasteiger partial charge in [-0.1, -0.05) is 6.07 Å². The number of nitrogens with zero attached hydrogens (tertiary/aromatic N) is 2. The van der Waals surface area contributed by atoms with Crippen LogP contribution in [0.15, 0.2) is 22.6 Å². The molecule has 0 spiro atoms. The quantitative estimate of drug-likeness (QED) is 0.881. The summed E-state index contributed by atoms with van der Waals surface area (Å²) in [4.78, 5) is 0. The Morgan fingerprint density at radius 2 is 2.00 bits per heavy atom. The zero-order chi connectivity index (χ0) is 15.0. The first kappa shape index (κ1) is 14.0. The Balaban J connectivity index is 1.86. The second-order valence-electron chi connectivity index (χ2n) is 4.82. The number of benzene rings is 1. The highest BCUT2D eigenvalue weighted by Gasteiger charge is 2.35. The van der Waals surface area contributed by atoms with Crippen LogP contribution in [-0.4, -0.2) is 16.2 Å². The zero-order valence-electron chi connectivity index (χ0n) is 10.7. The summed E-state index contributed by atoms with van der Waals surface area (Å²) in [6.07, 6.45) is -2.62. The molecule has 4 nitrogen and oxygen atoms in total. The number of nitrogens with one attached hydrogen (secondary N) is 1. The molecule has 1 aromatic carbocycles. The van der Waals surface area contributed by atoms with Gasteiger partial charge in [-0.2, -0.15) is 13.2 Å². The third-order valence-corrected chi connectivity index (χ3v) is 3.12. The molecule has 1 heterocycles. The van der Waals surface area contributed by atoms with E-state index in [0.717, 1.165) is 18.9 Å². The average molecular weight is 301 g/mol. The Bertz CT molecular complexity index is 649. The van der Waals surface area contributed by atoms with E-state index in [1.807, 2.05) is 0 Å². The van der Waals surface area contributed by atoms with Gasteiger partial charge >= 0.3 is 6.18 Å². The van der Waals surface area contributed by atoms with Crippen molar-refractivity contribution in [2.75, 3.05) is 0 Å². The fourth-order valence-corrected chi connectivity index (χ4v) is 1.87. The summed E-state index contributed by atoms with van der Waals surface area (Å²) in [6.45, 7) is 0.318. The lowest BCUT2D eigenvalue weighted by Gasteiger charge is -2.09. The molecule has 1 aromatic heterocycles. The maximum atomic E-state index is 13.9. The lowest BCUT2D eigenvalue weighted by Crippen LogP contribution is -2.15. The van der Waals surface area contributed by atoms with Crippen molar-refractivity contribution in [2.24, 2.45) is 0 Å². The molecule has 0 amide bonds. The average Bonchev–Trinajstić information content (AvgIpc) is 3.13. The Morgan fingerprint density at radius 1 is 1.24 bits per heavy atom. The highest BCUT2D eigenvalue weighted by atomic mass is 19.4. The van der Waals surface area contributed by atoms with Crippen molar-refractivity contribution >= 4 is 0 Å². The van der Waals surface area contributed by atoms with Gasteiger partial charge in [-0.25, -0.2) is 4.39 Å². The van der Waals surface area contributed by atoms with E-state index in [0.29, 0.717) is 18.7 Å². The van der Waals surface area contributed by atoms with Gasteiger partial charge in [-0.15, -0.1) is 10.2 Å². The lowest BCUT2D eigenvalue weighted by atomic mass is 10.1. The number of hydrogen-bond acceptors (Lipinski definition) is 4. The zero-order valence-corrected chi connectivity index (χ0v) is 10.7. The van der Waals surface area contributed by atoms with Crippen molar-refractivity contribution in [2.45, 2.75) is 31.6 Å². The van der Waals surface area contributed by atoms with E-state index < -0.39 is 17.6 Å². The Kier molecular flexibility index (Phi) is 3.40. The number of aromatic nitrogens is 2. The van der Waals surface area contributed by atoms with E-state index in [4.69, 9.17) is 4.42 Å². The van der Waals surface area contributed by atoms with Gasteiger partial charge in [-0.05, 0) is 25.0 Å². The lowest BCUT2D eigenvalue weighted by molar-refractivity contribution is -0.139. The number of rotatable bonds is 4. The predicted octanol–water partition coefficient (Wildman–Crippen LogP) is 3.15. The van der Waals surface area contributed by atoms with Crippen molar-refractivity contribution < 1.29 is 22.0 Å². The molecular formula is C13H11F4N3O. The van der Waals surface area contributed by atoms with Crippen LogP contribution >= 0.6 is 0 Å². The molecule has 1 fully saturated rings. The summed E-state index contributed by atoms with van der Waals surface area (Å²) in [5.74, 6) is -1.45. The molecule has 0 unspecified atom stereocenters. The van der Waals surface area contributed by atoms with E-state index in [-0.39, 0.29) is 17.3 Å². The monoisotopic (exact) mass is 301 g/mol. The predicted molar refractivity (Wildman–Crippen MR) is 64.6 cm³/mol. The van der Waals surface area contributed by atoms with Crippen LogP contribution in [0.5, 0.6) is 0 Å². The van der Waals surface area contributed by atoms with Gasteiger partial charge in [0.15, 0.2) is 0 Å². The molecule has 3 rings (SSSR count). The Morgan fingerprint density at radius 3 is 2.67 bits per heavy atom. The molecule has 1 N–H and O–H groups in total. The maximum absolute atomic E-state index is 13.9. The van der Waals surface area contributed by atoms with E-state index in [2.05, 4.69) is 15.5 Å². The van der Waals surface area contributed by atoms with Gasteiger partial charge in [0.1, 0.15) is 5.82 Å². The summed E-state index contributed by atoms with van der Waals surface area (Å²) in [7, 11) is 0. The van der Waals surface area contributed by atoms with Crippen molar-refractivity contribution in [3.8, 4) is 11.5 Å². The minimum Gasteiger partial charge on any atom is -0.419 e. The maximum Gasteiger partial charge on any atom is 0.419 e. The van der Waals surface area contributed by atoms with E-state index in [1.54, 1.807) is 0 Å². The third kappa shape index (κ3) is 3.05. The molecule has 0 aliphatic heterocycles. The van der Waals surface area contributed by atoms with E-state index in [1.165, 1.54) is 6.07 Å². The standard InChI is InChI=1S/C13H11F4N3O/c14-11-8(2-1-3-9(11)13(15,16)17)12-20-19-10(21-12)6-18-7-4-5-7/h1-3,7,18H,4-6H2. The Labute approximate surface area is 117 Å². The molecule has 0 radical (unpaired) electrons. The van der Waals surface area contributed by atoms with Gasteiger partial charge in [0.2, 0.25) is 5.89 Å². The van der Waals surface area contributed by atoms with Crippen LogP contribution in [0.25, 0.3) is 11.5 Å². The SMILES string of the molecule is Fc1c(-c2nnc(CNC3CC3)o2)cccc1C(F)(F)F. The first-order chi connectivity index (χ1) is 9.95. The van der Waals surface area contributed by atoms with Crippen LogP contribution in [0, 0.1) is 5.82 Å². The minimum atomic E-state index is -4.77. The first-order valence-electron chi connectivity index (χ1n) is 6.37. The second kappa shape index (κ2) is 5.10. The van der Waals surface area contributed by atoms with Crippen molar-refractivity contribution in [1.82, 2.24) is 15.5 Å². The highest BCUT2D eigenvalue weighted by Crippen LogP contribution is 2.35. The van der Waals surface area contributed by atoms with Gasteiger partial charge in [0.25, 0.3) is 5.89 Å². The molecule has 0 bridgehead atoms. The molecule has 1 aliphatic rings. The summed E-state index contributed by atoms with van der Waals surface area (Å²) in [5.41, 5.74) is -1.70. The van der Waals surface area contributed by atoms with Crippen molar-refractivity contribution in [3.63, 3.8) is 0 Å². The molecule has 112 valence electrons. The van der Waals surface area contributed by atoms with Crippen LogP contribution in [0.1, 0.15) is 24.3 Å². The molecule has 0 atom stereocenters. The Hall–Kier alpha value is -1.96.